The van der Waals surface area contributed by atoms with Gasteiger partial charge in [0.2, 0.25) is 0 Å². The summed E-state index contributed by atoms with van der Waals surface area (Å²) in [7, 11) is 0. The first-order valence-electron chi connectivity index (χ1n) is 6.28. The SMILES string of the molecule is Cc1nc(Nc2ccc(F)c(F)c2)cc(NC(C)C)n1. The van der Waals surface area contributed by atoms with E-state index in [-0.39, 0.29) is 6.04 Å². The van der Waals surface area contributed by atoms with Gasteiger partial charge in [-0.1, -0.05) is 0 Å². The number of hydrogen-bond donors (Lipinski definition) is 2. The molecule has 0 aliphatic heterocycles. The zero-order valence-corrected chi connectivity index (χ0v) is 11.5. The van der Waals surface area contributed by atoms with Crippen molar-refractivity contribution < 1.29 is 8.78 Å². The number of aryl methyl sites for hydroxylation is 1. The minimum Gasteiger partial charge on any atom is -0.368 e. The number of anilines is 3. The smallest absolute Gasteiger partial charge is 0.160 e. The van der Waals surface area contributed by atoms with Crippen molar-refractivity contribution in [2.24, 2.45) is 0 Å². The van der Waals surface area contributed by atoms with Gasteiger partial charge in [0.15, 0.2) is 11.6 Å². The van der Waals surface area contributed by atoms with Crippen LogP contribution in [0.5, 0.6) is 0 Å². The summed E-state index contributed by atoms with van der Waals surface area (Å²) in [6.07, 6.45) is 0. The van der Waals surface area contributed by atoms with Crippen LogP contribution in [0.3, 0.4) is 0 Å². The van der Waals surface area contributed by atoms with Crippen LogP contribution in [0, 0.1) is 18.6 Å². The average Bonchev–Trinajstić information content (AvgIpc) is 2.32. The third-order valence-electron chi connectivity index (χ3n) is 2.47. The molecule has 20 heavy (non-hydrogen) atoms. The maximum absolute atomic E-state index is 13.2. The Morgan fingerprint density at radius 1 is 1.00 bits per heavy atom. The van der Waals surface area contributed by atoms with E-state index in [0.717, 1.165) is 12.1 Å². The molecule has 2 N–H and O–H groups in total. The molecule has 0 fully saturated rings. The highest BCUT2D eigenvalue weighted by atomic mass is 19.2. The lowest BCUT2D eigenvalue weighted by Gasteiger charge is -2.12. The second kappa shape index (κ2) is 5.81. The molecule has 6 heteroatoms. The number of aromatic nitrogens is 2. The molecule has 0 saturated carbocycles. The largest absolute Gasteiger partial charge is 0.368 e. The molecule has 0 aliphatic carbocycles. The predicted molar refractivity (Wildman–Crippen MR) is 75.2 cm³/mol. The lowest BCUT2D eigenvalue weighted by Crippen LogP contribution is -2.12. The molecule has 2 aromatic rings. The minimum absolute atomic E-state index is 0.236. The Labute approximate surface area is 116 Å². The van der Waals surface area contributed by atoms with Gasteiger partial charge in [-0.2, -0.15) is 0 Å². The van der Waals surface area contributed by atoms with Crippen LogP contribution in [0.4, 0.5) is 26.1 Å². The van der Waals surface area contributed by atoms with E-state index >= 15 is 0 Å². The molecule has 1 aromatic heterocycles. The summed E-state index contributed by atoms with van der Waals surface area (Å²) >= 11 is 0. The van der Waals surface area contributed by atoms with Crippen molar-refractivity contribution in [3.8, 4) is 0 Å². The molecule has 2 rings (SSSR count). The summed E-state index contributed by atoms with van der Waals surface area (Å²) in [5.41, 5.74) is 0.428. The van der Waals surface area contributed by atoms with Gasteiger partial charge >= 0.3 is 0 Å². The number of nitrogens with zero attached hydrogens (tertiary/aromatic N) is 2. The van der Waals surface area contributed by atoms with Gasteiger partial charge in [-0.3, -0.25) is 0 Å². The summed E-state index contributed by atoms with van der Waals surface area (Å²) < 4.78 is 26.0. The molecule has 0 spiro atoms. The Morgan fingerprint density at radius 2 is 1.70 bits per heavy atom. The van der Waals surface area contributed by atoms with Crippen molar-refractivity contribution in [3.63, 3.8) is 0 Å². The lowest BCUT2D eigenvalue weighted by molar-refractivity contribution is 0.509. The van der Waals surface area contributed by atoms with Crippen molar-refractivity contribution in [3.05, 3.63) is 41.7 Å². The van der Waals surface area contributed by atoms with E-state index in [2.05, 4.69) is 20.6 Å². The molecule has 0 unspecified atom stereocenters. The predicted octanol–water partition coefficient (Wildman–Crippen LogP) is 3.63. The number of rotatable bonds is 4. The number of benzene rings is 1. The zero-order valence-electron chi connectivity index (χ0n) is 11.5. The van der Waals surface area contributed by atoms with Crippen molar-refractivity contribution in [2.75, 3.05) is 10.6 Å². The average molecular weight is 278 g/mol. The van der Waals surface area contributed by atoms with Crippen LogP contribution in [0.2, 0.25) is 0 Å². The van der Waals surface area contributed by atoms with Gasteiger partial charge < -0.3 is 10.6 Å². The van der Waals surface area contributed by atoms with Crippen LogP contribution in [0.1, 0.15) is 19.7 Å². The Balaban J connectivity index is 2.24. The van der Waals surface area contributed by atoms with Crippen molar-refractivity contribution >= 4 is 17.3 Å². The molecule has 0 bridgehead atoms. The van der Waals surface area contributed by atoms with E-state index in [1.165, 1.54) is 6.07 Å². The Morgan fingerprint density at radius 3 is 2.35 bits per heavy atom. The fourth-order valence-corrected chi connectivity index (χ4v) is 1.72. The molecule has 0 amide bonds. The van der Waals surface area contributed by atoms with Crippen LogP contribution < -0.4 is 10.6 Å². The summed E-state index contributed by atoms with van der Waals surface area (Å²) in [4.78, 5) is 8.46. The molecular weight excluding hydrogens is 262 g/mol. The number of halogens is 2. The summed E-state index contributed by atoms with van der Waals surface area (Å²) in [5.74, 6) is 0.00265. The third-order valence-corrected chi connectivity index (χ3v) is 2.47. The summed E-state index contributed by atoms with van der Waals surface area (Å²) in [5, 5.41) is 6.10. The van der Waals surface area contributed by atoms with Crippen LogP contribution in [0.25, 0.3) is 0 Å². The first-order valence-corrected chi connectivity index (χ1v) is 6.28. The van der Waals surface area contributed by atoms with E-state index in [0.29, 0.717) is 23.1 Å². The van der Waals surface area contributed by atoms with Crippen molar-refractivity contribution in [2.45, 2.75) is 26.8 Å². The Hall–Kier alpha value is -2.24. The second-order valence-corrected chi connectivity index (χ2v) is 4.74. The van der Waals surface area contributed by atoms with Crippen molar-refractivity contribution in [1.29, 1.82) is 0 Å². The van der Waals surface area contributed by atoms with E-state index in [1.54, 1.807) is 13.0 Å². The quantitative estimate of drug-likeness (QED) is 0.896. The normalized spacial score (nSPS) is 10.7. The lowest BCUT2D eigenvalue weighted by atomic mass is 10.3. The molecular formula is C14H16F2N4. The Bertz CT molecular complexity index is 614. The fourth-order valence-electron chi connectivity index (χ4n) is 1.72. The first kappa shape index (κ1) is 14.2. The van der Waals surface area contributed by atoms with Crippen LogP contribution in [-0.2, 0) is 0 Å². The van der Waals surface area contributed by atoms with Gasteiger partial charge in [0.1, 0.15) is 17.5 Å². The molecule has 106 valence electrons. The third kappa shape index (κ3) is 3.63. The monoisotopic (exact) mass is 278 g/mol. The van der Waals surface area contributed by atoms with Gasteiger partial charge in [-0.25, -0.2) is 18.7 Å². The molecule has 1 heterocycles. The molecule has 0 aliphatic rings. The highest BCUT2D eigenvalue weighted by molar-refractivity contribution is 5.59. The molecule has 4 nitrogen and oxygen atoms in total. The van der Waals surface area contributed by atoms with Gasteiger partial charge in [0.05, 0.1) is 0 Å². The number of hydrogen-bond acceptors (Lipinski definition) is 4. The van der Waals surface area contributed by atoms with Gasteiger partial charge in [-0.05, 0) is 32.9 Å². The minimum atomic E-state index is -0.902. The van der Waals surface area contributed by atoms with Crippen molar-refractivity contribution in [1.82, 2.24) is 9.97 Å². The Kier molecular flexibility index (Phi) is 4.12. The second-order valence-electron chi connectivity index (χ2n) is 4.74. The van der Waals surface area contributed by atoms with Gasteiger partial charge in [0.25, 0.3) is 0 Å². The fraction of sp³-hybridized carbons (Fsp3) is 0.286. The van der Waals surface area contributed by atoms with E-state index in [1.807, 2.05) is 13.8 Å². The van der Waals surface area contributed by atoms with Gasteiger partial charge in [0, 0.05) is 23.9 Å². The highest BCUT2D eigenvalue weighted by Gasteiger charge is 2.06. The maximum atomic E-state index is 13.2. The van der Waals surface area contributed by atoms with E-state index < -0.39 is 11.6 Å². The van der Waals surface area contributed by atoms with E-state index in [9.17, 15) is 8.78 Å². The summed E-state index contributed by atoms with van der Waals surface area (Å²) in [6, 6.07) is 5.56. The van der Waals surface area contributed by atoms with Crippen LogP contribution >= 0.6 is 0 Å². The zero-order chi connectivity index (χ0) is 14.7. The van der Waals surface area contributed by atoms with Crippen LogP contribution in [0.15, 0.2) is 24.3 Å². The first-order chi connectivity index (χ1) is 9.44. The maximum Gasteiger partial charge on any atom is 0.160 e. The summed E-state index contributed by atoms with van der Waals surface area (Å²) in [6.45, 7) is 5.77. The standard InChI is InChI=1S/C14H16F2N4/c1-8(2)17-13-7-14(19-9(3)18-13)20-10-4-5-11(15)12(16)6-10/h4-8H,1-3H3,(H2,17,18,19,20). The number of nitrogens with one attached hydrogen (secondary N) is 2. The van der Waals surface area contributed by atoms with Gasteiger partial charge in [-0.15, -0.1) is 0 Å². The molecule has 0 saturated heterocycles. The molecule has 1 aromatic carbocycles. The van der Waals surface area contributed by atoms with E-state index in [4.69, 9.17) is 0 Å². The topological polar surface area (TPSA) is 49.8 Å². The molecule has 0 radical (unpaired) electrons. The molecule has 0 atom stereocenters. The van der Waals surface area contributed by atoms with Crippen LogP contribution in [-0.4, -0.2) is 16.0 Å². The highest BCUT2D eigenvalue weighted by Crippen LogP contribution is 2.19.